The van der Waals surface area contributed by atoms with Crippen LogP contribution in [0.4, 0.5) is 0 Å². The Hall–Kier alpha value is -0.690. The predicted molar refractivity (Wildman–Crippen MR) is 83.1 cm³/mol. The van der Waals surface area contributed by atoms with Gasteiger partial charge in [-0.25, -0.2) is 0 Å². The van der Waals surface area contributed by atoms with E-state index in [1.54, 1.807) is 0 Å². The number of aliphatic carboxylic acids is 1. The molecular formula is C14H34N2O4. The molecule has 0 fully saturated rings. The second-order valence-electron chi connectivity index (χ2n) is 4.02. The number of aliphatic hydroxyl groups is 2. The van der Waals surface area contributed by atoms with E-state index in [9.17, 15) is 0 Å². The Balaban J connectivity index is -0.000000230. The normalized spacial score (nSPS) is 9.65. The Morgan fingerprint density at radius 1 is 0.800 bits per heavy atom. The van der Waals surface area contributed by atoms with Crippen molar-refractivity contribution in [3.63, 3.8) is 0 Å². The molecule has 0 aromatic heterocycles. The number of nitrogens with zero attached hydrogens (tertiary/aromatic N) is 2. The fraction of sp³-hybridized carbons (Fsp3) is 0.929. The molecule has 20 heavy (non-hydrogen) atoms. The second kappa shape index (κ2) is 20.6. The summed E-state index contributed by atoms with van der Waals surface area (Å²) in [5.41, 5.74) is 0. The molecule has 0 atom stereocenters. The molecule has 0 spiro atoms. The monoisotopic (exact) mass is 294 g/mol. The molecule has 0 radical (unpaired) electrons. The molecule has 0 aliphatic rings. The van der Waals surface area contributed by atoms with Crippen molar-refractivity contribution in [1.29, 1.82) is 0 Å². The van der Waals surface area contributed by atoms with Crippen LogP contribution < -0.4 is 0 Å². The quantitative estimate of drug-likeness (QED) is 0.612. The van der Waals surface area contributed by atoms with Crippen molar-refractivity contribution >= 4 is 5.97 Å². The molecule has 3 N–H and O–H groups in total. The van der Waals surface area contributed by atoms with Gasteiger partial charge in [0.2, 0.25) is 0 Å². The van der Waals surface area contributed by atoms with Gasteiger partial charge in [-0.1, -0.05) is 27.7 Å². The molecule has 0 aliphatic heterocycles. The number of carboxylic acid groups (broad SMARTS) is 1. The van der Waals surface area contributed by atoms with Crippen LogP contribution in [0.3, 0.4) is 0 Å². The molecular weight excluding hydrogens is 260 g/mol. The summed E-state index contributed by atoms with van der Waals surface area (Å²) in [6.07, 6.45) is 0. The highest BCUT2D eigenvalue weighted by atomic mass is 16.4. The minimum absolute atomic E-state index is 0.279. The molecule has 0 heterocycles. The van der Waals surface area contributed by atoms with Crippen molar-refractivity contribution in [2.75, 3.05) is 52.5 Å². The van der Waals surface area contributed by atoms with E-state index >= 15 is 0 Å². The average molecular weight is 294 g/mol. The summed E-state index contributed by atoms with van der Waals surface area (Å²) < 4.78 is 0. The van der Waals surface area contributed by atoms with Gasteiger partial charge in [-0.2, -0.15) is 0 Å². The van der Waals surface area contributed by atoms with E-state index in [2.05, 4.69) is 37.5 Å². The van der Waals surface area contributed by atoms with Gasteiger partial charge in [-0.15, -0.1) is 0 Å². The fourth-order valence-corrected chi connectivity index (χ4v) is 1.36. The summed E-state index contributed by atoms with van der Waals surface area (Å²) >= 11 is 0. The first-order valence-electron chi connectivity index (χ1n) is 7.29. The second-order valence-corrected chi connectivity index (χ2v) is 4.02. The van der Waals surface area contributed by atoms with E-state index < -0.39 is 5.97 Å². The van der Waals surface area contributed by atoms with Gasteiger partial charge < -0.3 is 25.1 Å². The molecule has 0 saturated heterocycles. The molecule has 6 heteroatoms. The van der Waals surface area contributed by atoms with Crippen molar-refractivity contribution < 1.29 is 20.1 Å². The third kappa shape index (κ3) is 26.0. The van der Waals surface area contributed by atoms with E-state index in [-0.39, 0.29) is 13.2 Å². The first-order valence-corrected chi connectivity index (χ1v) is 7.29. The Bertz CT molecular complexity index is 166. The van der Waals surface area contributed by atoms with Crippen molar-refractivity contribution in [3.05, 3.63) is 0 Å². The van der Waals surface area contributed by atoms with Gasteiger partial charge in [0.15, 0.2) is 0 Å². The lowest BCUT2D eigenvalue weighted by Crippen LogP contribution is -2.25. The van der Waals surface area contributed by atoms with Crippen molar-refractivity contribution in [1.82, 2.24) is 9.80 Å². The van der Waals surface area contributed by atoms with E-state index in [1.807, 2.05) is 0 Å². The first kappa shape index (κ1) is 24.3. The maximum absolute atomic E-state index is 9.00. The highest BCUT2D eigenvalue weighted by Crippen LogP contribution is 1.83. The van der Waals surface area contributed by atoms with Gasteiger partial charge in [0.25, 0.3) is 5.97 Å². The summed E-state index contributed by atoms with van der Waals surface area (Å²) in [5, 5.41) is 24.3. The Morgan fingerprint density at radius 2 is 1.00 bits per heavy atom. The summed E-state index contributed by atoms with van der Waals surface area (Å²) in [5.74, 6) is -0.833. The summed E-state index contributed by atoms with van der Waals surface area (Å²) in [6.45, 7) is 15.8. The smallest absolute Gasteiger partial charge is 0.300 e. The molecule has 0 rings (SSSR count). The molecule has 0 aliphatic carbocycles. The predicted octanol–water partition coefficient (Wildman–Crippen LogP) is 0.732. The molecule has 6 nitrogen and oxygen atoms in total. The van der Waals surface area contributed by atoms with Crippen LogP contribution in [0.2, 0.25) is 0 Å². The van der Waals surface area contributed by atoms with Crippen LogP contribution in [0.1, 0.15) is 34.6 Å². The Morgan fingerprint density at radius 3 is 1.05 bits per heavy atom. The van der Waals surface area contributed by atoms with Gasteiger partial charge in [0.05, 0.1) is 13.2 Å². The maximum Gasteiger partial charge on any atom is 0.300 e. The standard InChI is InChI=1S/2C6H15NO.C2H4O2/c2*1-3-7(4-2)5-6-8;1-2(3)4/h2*8H,3-6H2,1-2H3;1H3,(H,3,4). The van der Waals surface area contributed by atoms with Crippen molar-refractivity contribution in [2.45, 2.75) is 34.6 Å². The summed E-state index contributed by atoms with van der Waals surface area (Å²) in [6, 6.07) is 0. The topological polar surface area (TPSA) is 84.2 Å². The number of carbonyl (C=O) groups is 1. The highest BCUT2D eigenvalue weighted by molar-refractivity contribution is 5.62. The number of hydrogen-bond donors (Lipinski definition) is 3. The van der Waals surface area contributed by atoms with Crippen LogP contribution in [-0.4, -0.2) is 83.6 Å². The van der Waals surface area contributed by atoms with E-state index in [0.717, 1.165) is 46.2 Å². The number of aliphatic hydroxyl groups excluding tert-OH is 2. The van der Waals surface area contributed by atoms with Crippen LogP contribution in [0.25, 0.3) is 0 Å². The lowest BCUT2D eigenvalue weighted by molar-refractivity contribution is -0.134. The lowest BCUT2D eigenvalue weighted by Gasteiger charge is -2.15. The van der Waals surface area contributed by atoms with Crippen LogP contribution in [0.15, 0.2) is 0 Å². The molecule has 0 amide bonds. The number of carboxylic acids is 1. The zero-order chi connectivity index (χ0) is 16.4. The Labute approximate surface area is 124 Å². The number of likely N-dealkylation sites (N-methyl/N-ethyl adjacent to an activating group) is 2. The summed E-state index contributed by atoms with van der Waals surface area (Å²) in [7, 11) is 0. The minimum Gasteiger partial charge on any atom is -0.481 e. The SMILES string of the molecule is CC(=O)O.CCN(CC)CCO.CCN(CC)CCO. The Kier molecular flexibility index (Phi) is 25.1. The minimum atomic E-state index is -0.833. The average Bonchev–Trinajstić information content (AvgIpc) is 2.42. The molecule has 0 bridgehead atoms. The van der Waals surface area contributed by atoms with E-state index in [1.165, 1.54) is 0 Å². The molecule has 0 saturated carbocycles. The van der Waals surface area contributed by atoms with Gasteiger partial charge in [-0.3, -0.25) is 4.79 Å². The van der Waals surface area contributed by atoms with Gasteiger partial charge in [0, 0.05) is 20.0 Å². The highest BCUT2D eigenvalue weighted by Gasteiger charge is 1.94. The maximum atomic E-state index is 9.00. The van der Waals surface area contributed by atoms with Crippen molar-refractivity contribution in [2.24, 2.45) is 0 Å². The number of hydrogen-bond acceptors (Lipinski definition) is 5. The molecule has 124 valence electrons. The van der Waals surface area contributed by atoms with Crippen LogP contribution in [-0.2, 0) is 4.79 Å². The summed E-state index contributed by atoms with van der Waals surface area (Å²) in [4.78, 5) is 13.4. The largest absolute Gasteiger partial charge is 0.481 e. The third-order valence-corrected chi connectivity index (χ3v) is 2.62. The van der Waals surface area contributed by atoms with Gasteiger partial charge in [-0.05, 0) is 26.2 Å². The molecule has 0 aromatic carbocycles. The number of rotatable bonds is 8. The third-order valence-electron chi connectivity index (χ3n) is 2.62. The van der Waals surface area contributed by atoms with Crippen LogP contribution >= 0.6 is 0 Å². The van der Waals surface area contributed by atoms with Crippen molar-refractivity contribution in [3.8, 4) is 0 Å². The van der Waals surface area contributed by atoms with Crippen LogP contribution in [0.5, 0.6) is 0 Å². The fourth-order valence-electron chi connectivity index (χ4n) is 1.36. The zero-order valence-corrected chi connectivity index (χ0v) is 13.8. The lowest BCUT2D eigenvalue weighted by atomic mass is 10.5. The van der Waals surface area contributed by atoms with Crippen LogP contribution in [0, 0.1) is 0 Å². The van der Waals surface area contributed by atoms with E-state index in [0.29, 0.717) is 0 Å². The molecule has 0 aromatic rings. The van der Waals surface area contributed by atoms with E-state index in [4.69, 9.17) is 20.1 Å². The first-order chi connectivity index (χ1) is 9.42. The zero-order valence-electron chi connectivity index (χ0n) is 13.8. The molecule has 0 unspecified atom stereocenters. The van der Waals surface area contributed by atoms with Gasteiger partial charge in [0.1, 0.15) is 0 Å². The van der Waals surface area contributed by atoms with Gasteiger partial charge >= 0.3 is 0 Å².